The molecule has 12 heteroatoms. The van der Waals surface area contributed by atoms with Gasteiger partial charge in [0, 0.05) is 23.4 Å². The van der Waals surface area contributed by atoms with Gasteiger partial charge in [-0.25, -0.2) is 4.68 Å². The fourth-order valence-corrected chi connectivity index (χ4v) is 4.12. The molecule has 2 aromatic rings. The van der Waals surface area contributed by atoms with Crippen LogP contribution in [0.4, 0.5) is 13.2 Å². The van der Waals surface area contributed by atoms with E-state index in [1.807, 2.05) is 20.8 Å². The maximum Gasteiger partial charge on any atom is 0.416 e. The van der Waals surface area contributed by atoms with E-state index in [0.717, 1.165) is 18.2 Å². The van der Waals surface area contributed by atoms with Crippen LogP contribution in [0.25, 0.3) is 0 Å². The van der Waals surface area contributed by atoms with E-state index in [2.05, 4.69) is 20.9 Å². The summed E-state index contributed by atoms with van der Waals surface area (Å²) in [6, 6.07) is 2.51. The first kappa shape index (κ1) is 26.9. The lowest BCUT2D eigenvalue weighted by molar-refractivity contribution is -0.137. The van der Waals surface area contributed by atoms with Crippen LogP contribution in [-0.4, -0.2) is 33.2 Å². The summed E-state index contributed by atoms with van der Waals surface area (Å²) >= 11 is 1.18. The Morgan fingerprint density at radius 2 is 1.94 bits per heavy atom. The molecule has 1 aromatic heterocycles. The Labute approximate surface area is 205 Å². The molecule has 1 fully saturated rings. The van der Waals surface area contributed by atoms with Gasteiger partial charge < -0.3 is 10.2 Å². The molecule has 1 atom stereocenters. The van der Waals surface area contributed by atoms with Gasteiger partial charge in [-0.3, -0.25) is 9.59 Å². The summed E-state index contributed by atoms with van der Waals surface area (Å²) in [6.45, 7) is 11.6. The van der Waals surface area contributed by atoms with Gasteiger partial charge in [-0.2, -0.15) is 28.7 Å². The average Bonchev–Trinajstić information content (AvgIpc) is 3.31. The summed E-state index contributed by atoms with van der Waals surface area (Å²) in [5.41, 5.74) is 0.533. The normalized spacial score (nSPS) is 17.6. The molecule has 0 unspecified atom stereocenters. The number of halogens is 3. The van der Waals surface area contributed by atoms with E-state index >= 15 is 0 Å². The van der Waals surface area contributed by atoms with Crippen LogP contribution in [0, 0.1) is 0 Å². The van der Waals surface area contributed by atoms with Gasteiger partial charge in [-0.15, -0.1) is 0 Å². The van der Waals surface area contributed by atoms with Gasteiger partial charge in [-0.1, -0.05) is 32.1 Å². The van der Waals surface area contributed by atoms with Crippen LogP contribution in [0.15, 0.2) is 23.2 Å². The van der Waals surface area contributed by atoms with E-state index < -0.39 is 23.2 Å². The predicted molar refractivity (Wildman–Crippen MR) is 125 cm³/mol. The van der Waals surface area contributed by atoms with Crippen LogP contribution in [0.5, 0.6) is 5.75 Å². The molecule has 35 heavy (non-hydrogen) atoms. The van der Waals surface area contributed by atoms with Crippen LogP contribution in [0.1, 0.15) is 75.3 Å². The van der Waals surface area contributed by atoms with Crippen molar-refractivity contribution in [3.05, 3.63) is 39.1 Å². The highest BCUT2D eigenvalue weighted by atomic mass is 32.1. The Hall–Kier alpha value is -2.73. The van der Waals surface area contributed by atoms with Crippen molar-refractivity contribution in [3.8, 4) is 5.75 Å². The van der Waals surface area contributed by atoms with Crippen molar-refractivity contribution in [2.45, 2.75) is 84.1 Å². The second-order valence-corrected chi connectivity index (χ2v) is 11.5. The number of benzene rings is 1. The molecular weight excluding hydrogens is 483 g/mol. The zero-order chi connectivity index (χ0) is 26.2. The number of nitrogens with one attached hydrogen (secondary N) is 2. The van der Waals surface area contributed by atoms with Crippen molar-refractivity contribution in [2.24, 2.45) is 4.99 Å². The van der Waals surface area contributed by atoms with Crippen molar-refractivity contribution >= 4 is 23.2 Å². The van der Waals surface area contributed by atoms with Crippen molar-refractivity contribution in [1.82, 2.24) is 20.6 Å². The van der Waals surface area contributed by atoms with Gasteiger partial charge in [-0.05, 0) is 45.4 Å². The number of nitrogens with zero attached hydrogens (tertiary/aromatic N) is 3. The van der Waals surface area contributed by atoms with Crippen LogP contribution < -0.4 is 20.4 Å². The van der Waals surface area contributed by atoms with E-state index in [9.17, 15) is 22.8 Å². The Morgan fingerprint density at radius 3 is 2.49 bits per heavy atom. The minimum atomic E-state index is -4.64. The lowest BCUT2D eigenvalue weighted by Gasteiger charge is -2.21. The average molecular weight is 514 g/mol. The van der Waals surface area contributed by atoms with Gasteiger partial charge in [0.25, 0.3) is 5.91 Å². The zero-order valence-electron chi connectivity index (χ0n) is 20.5. The minimum absolute atomic E-state index is 0.0615. The van der Waals surface area contributed by atoms with Crippen LogP contribution in [0.3, 0.4) is 0 Å². The monoisotopic (exact) mass is 513 g/mol. The molecule has 0 spiro atoms. The molecule has 2 N–H and O–H groups in total. The third-order valence-corrected chi connectivity index (χ3v) is 6.31. The van der Waals surface area contributed by atoms with Gasteiger partial charge in [0.15, 0.2) is 5.75 Å². The highest BCUT2D eigenvalue weighted by molar-refractivity contribution is 7.09. The number of hydroxylamine groups is 1. The fraction of sp³-hybridized carbons (Fsp3) is 0.565. The molecular formula is C23H30F3N5O3S. The Morgan fingerprint density at radius 1 is 1.26 bits per heavy atom. The van der Waals surface area contributed by atoms with Crippen LogP contribution >= 0.6 is 11.3 Å². The summed E-state index contributed by atoms with van der Waals surface area (Å²) in [5.74, 6) is -1.03. The molecule has 1 aliphatic rings. The predicted octanol–water partition coefficient (Wildman–Crippen LogP) is 3.96. The first-order chi connectivity index (χ1) is 16.0. The van der Waals surface area contributed by atoms with Gasteiger partial charge >= 0.3 is 6.18 Å². The standard InChI is InChI=1S/C23H30F3N5O3S/c1-21(2,3)19-29-31(12-14-8-10-17(32)27-14)20(35-19)28-18(33)15-11-13(23(24,25)26)7-9-16(15)34-30-22(4,5)6/h7,9,11,14,30H,8,10,12H2,1-6H3,(H,27,32)/b28-20-/t14-/m0/s1. The number of aromatic nitrogens is 2. The first-order valence-electron chi connectivity index (χ1n) is 11.1. The summed E-state index contributed by atoms with van der Waals surface area (Å²) in [5, 5.41) is 8.13. The topological polar surface area (TPSA) is 97.6 Å². The first-order valence-corrected chi connectivity index (χ1v) is 12.0. The third-order valence-electron chi connectivity index (χ3n) is 4.94. The molecule has 1 saturated heterocycles. The zero-order valence-corrected chi connectivity index (χ0v) is 21.4. The Balaban J connectivity index is 2.05. The quantitative estimate of drug-likeness (QED) is 0.590. The van der Waals surface area contributed by atoms with E-state index in [-0.39, 0.29) is 33.5 Å². The van der Waals surface area contributed by atoms with Gasteiger partial charge in [0.1, 0.15) is 5.01 Å². The molecule has 0 saturated carbocycles. The summed E-state index contributed by atoms with van der Waals surface area (Å²) < 4.78 is 41.7. The molecule has 3 rings (SSSR count). The largest absolute Gasteiger partial charge is 0.416 e. The molecule has 0 aliphatic carbocycles. The highest BCUT2D eigenvalue weighted by Crippen LogP contribution is 2.33. The Bertz CT molecular complexity index is 1170. The summed E-state index contributed by atoms with van der Waals surface area (Å²) in [4.78, 5) is 34.7. The number of hydrogen-bond donors (Lipinski definition) is 2. The lowest BCUT2D eigenvalue weighted by atomic mass is 9.98. The molecule has 2 heterocycles. The molecule has 2 amide bonds. The Kier molecular flexibility index (Phi) is 7.47. The van der Waals surface area contributed by atoms with Crippen LogP contribution in [0.2, 0.25) is 0 Å². The molecule has 8 nitrogen and oxygen atoms in total. The lowest BCUT2D eigenvalue weighted by Crippen LogP contribution is -2.38. The number of rotatable bonds is 5. The number of carbonyl (C=O) groups is 2. The maximum atomic E-state index is 13.4. The highest BCUT2D eigenvalue weighted by Gasteiger charge is 2.32. The number of hydrogen-bond acceptors (Lipinski definition) is 6. The molecule has 0 radical (unpaired) electrons. The molecule has 0 bridgehead atoms. The number of alkyl halides is 3. The molecule has 192 valence electrons. The third kappa shape index (κ3) is 7.14. The van der Waals surface area contributed by atoms with Crippen LogP contribution in [-0.2, 0) is 22.9 Å². The minimum Gasteiger partial charge on any atom is -0.407 e. The van der Waals surface area contributed by atoms with Crippen molar-refractivity contribution in [3.63, 3.8) is 0 Å². The summed E-state index contributed by atoms with van der Waals surface area (Å²) in [6.07, 6.45) is -3.63. The van der Waals surface area contributed by atoms with Crippen molar-refractivity contribution < 1.29 is 27.6 Å². The van der Waals surface area contributed by atoms with E-state index in [1.165, 1.54) is 16.0 Å². The van der Waals surface area contributed by atoms with E-state index in [0.29, 0.717) is 24.4 Å². The van der Waals surface area contributed by atoms with Gasteiger partial charge in [0.2, 0.25) is 10.7 Å². The molecule has 1 aromatic carbocycles. The molecule has 1 aliphatic heterocycles. The second kappa shape index (κ2) is 9.73. The van der Waals surface area contributed by atoms with E-state index in [1.54, 1.807) is 20.8 Å². The van der Waals surface area contributed by atoms with Crippen molar-refractivity contribution in [1.29, 1.82) is 0 Å². The van der Waals surface area contributed by atoms with E-state index in [4.69, 9.17) is 4.84 Å². The number of amides is 2. The summed E-state index contributed by atoms with van der Waals surface area (Å²) in [7, 11) is 0. The smallest absolute Gasteiger partial charge is 0.407 e. The second-order valence-electron chi connectivity index (χ2n) is 10.5. The number of carbonyl (C=O) groups excluding carboxylic acids is 2. The van der Waals surface area contributed by atoms with Crippen molar-refractivity contribution in [2.75, 3.05) is 0 Å². The maximum absolute atomic E-state index is 13.4. The SMILES string of the molecule is CC(C)(C)NOc1ccc(C(F)(F)F)cc1C(=O)/N=c1\sc(C(C)(C)C)nn1C[C@@H]1CCC(=O)N1. The fourth-order valence-electron chi connectivity index (χ4n) is 3.16. The van der Waals surface area contributed by atoms with Gasteiger partial charge in [0.05, 0.1) is 17.7 Å².